The molecule has 17 heavy (non-hydrogen) atoms. The Kier molecular flexibility index (Phi) is 3.91. The first-order valence-electron chi connectivity index (χ1n) is 5.71. The molecular weight excluding hydrogens is 240 g/mol. The van der Waals surface area contributed by atoms with E-state index in [-0.39, 0.29) is 17.9 Å². The molecule has 1 aliphatic rings. The molecule has 92 valence electrons. The predicted octanol–water partition coefficient (Wildman–Crippen LogP) is 1.59. The molecule has 1 aliphatic carbocycles. The van der Waals surface area contributed by atoms with Crippen LogP contribution in [-0.4, -0.2) is 21.9 Å². The molecule has 1 amide bonds. The third kappa shape index (κ3) is 3.14. The minimum absolute atomic E-state index is 0.0546. The Hall–Kier alpha value is -1.20. The van der Waals surface area contributed by atoms with Crippen LogP contribution in [0.15, 0.2) is 12.4 Å². The Morgan fingerprint density at radius 2 is 2.18 bits per heavy atom. The van der Waals surface area contributed by atoms with Crippen molar-refractivity contribution in [1.82, 2.24) is 9.97 Å². The van der Waals surface area contributed by atoms with Crippen molar-refractivity contribution in [3.05, 3.63) is 17.5 Å². The van der Waals surface area contributed by atoms with Gasteiger partial charge < -0.3 is 11.1 Å². The molecule has 0 spiro atoms. The van der Waals surface area contributed by atoms with Crippen molar-refractivity contribution in [1.29, 1.82) is 0 Å². The average Bonchev–Trinajstić information content (AvgIpc) is 2.29. The van der Waals surface area contributed by atoms with Crippen LogP contribution in [0.3, 0.4) is 0 Å². The lowest BCUT2D eigenvalue weighted by Gasteiger charge is -2.27. The van der Waals surface area contributed by atoms with Gasteiger partial charge in [0, 0.05) is 12.1 Å². The van der Waals surface area contributed by atoms with Gasteiger partial charge in [-0.25, -0.2) is 9.97 Å². The van der Waals surface area contributed by atoms with Gasteiger partial charge >= 0.3 is 0 Å². The summed E-state index contributed by atoms with van der Waals surface area (Å²) in [5.74, 6) is 0.220. The molecule has 0 saturated heterocycles. The van der Waals surface area contributed by atoms with Gasteiger partial charge in [0.25, 0.3) is 0 Å². The van der Waals surface area contributed by atoms with Gasteiger partial charge in [-0.1, -0.05) is 24.4 Å². The molecule has 3 N–H and O–H groups in total. The fraction of sp³-hybridized carbons (Fsp3) is 0.545. The van der Waals surface area contributed by atoms with Crippen LogP contribution in [0.5, 0.6) is 0 Å². The van der Waals surface area contributed by atoms with Gasteiger partial charge in [-0.2, -0.15) is 0 Å². The van der Waals surface area contributed by atoms with E-state index in [9.17, 15) is 4.79 Å². The highest BCUT2D eigenvalue weighted by Crippen LogP contribution is 2.24. The lowest BCUT2D eigenvalue weighted by molar-refractivity contribution is -0.121. The zero-order valence-electron chi connectivity index (χ0n) is 9.40. The number of nitrogens with two attached hydrogens (primary N) is 1. The molecule has 0 radical (unpaired) electrons. The monoisotopic (exact) mass is 254 g/mol. The highest BCUT2D eigenvalue weighted by Gasteiger charge is 2.28. The zero-order chi connectivity index (χ0) is 12.3. The summed E-state index contributed by atoms with van der Waals surface area (Å²) >= 11 is 5.72. The van der Waals surface area contributed by atoms with E-state index >= 15 is 0 Å². The van der Waals surface area contributed by atoms with E-state index in [4.69, 9.17) is 17.3 Å². The number of halogens is 1. The largest absolute Gasteiger partial charge is 0.327 e. The molecule has 2 rings (SSSR count). The first-order chi connectivity index (χ1) is 8.16. The van der Waals surface area contributed by atoms with E-state index in [0.29, 0.717) is 11.0 Å². The van der Waals surface area contributed by atoms with Crippen LogP contribution >= 0.6 is 11.6 Å². The number of hydrogen-bond donors (Lipinski definition) is 2. The summed E-state index contributed by atoms with van der Waals surface area (Å²) in [5.41, 5.74) is 5.94. The van der Waals surface area contributed by atoms with Crippen molar-refractivity contribution in [3.8, 4) is 0 Å². The summed E-state index contributed by atoms with van der Waals surface area (Å²) in [6.45, 7) is 0. The number of carbonyl (C=O) groups excluding carboxylic acids is 1. The van der Waals surface area contributed by atoms with Crippen LogP contribution in [0.1, 0.15) is 25.7 Å². The van der Waals surface area contributed by atoms with Crippen LogP contribution in [0.4, 0.5) is 5.82 Å². The van der Waals surface area contributed by atoms with E-state index in [1.807, 2.05) is 0 Å². The Labute approximate surface area is 105 Å². The van der Waals surface area contributed by atoms with Gasteiger partial charge in [0.15, 0.2) is 0 Å². The van der Waals surface area contributed by atoms with E-state index in [0.717, 1.165) is 25.7 Å². The smallest absolute Gasteiger partial charge is 0.230 e. The standard InChI is InChI=1S/C11H15ClN4O/c12-9-5-10(15-6-14-9)16-11(17)7-3-1-2-4-8(7)13/h5-8H,1-4,13H2,(H,14,15,16,17). The van der Waals surface area contributed by atoms with Gasteiger partial charge in [-0.3, -0.25) is 4.79 Å². The Bertz CT molecular complexity index is 412. The third-order valence-electron chi connectivity index (χ3n) is 3.04. The van der Waals surface area contributed by atoms with Gasteiger partial charge in [-0.05, 0) is 12.8 Å². The van der Waals surface area contributed by atoms with Crippen molar-refractivity contribution in [2.75, 3.05) is 5.32 Å². The van der Waals surface area contributed by atoms with E-state index in [2.05, 4.69) is 15.3 Å². The van der Waals surface area contributed by atoms with Gasteiger partial charge in [0.05, 0.1) is 5.92 Å². The quantitative estimate of drug-likeness (QED) is 0.786. The van der Waals surface area contributed by atoms with Crippen molar-refractivity contribution < 1.29 is 4.79 Å². The molecule has 1 fully saturated rings. The molecule has 1 heterocycles. The summed E-state index contributed by atoms with van der Waals surface area (Å²) in [4.78, 5) is 19.7. The topological polar surface area (TPSA) is 80.9 Å². The van der Waals surface area contributed by atoms with Crippen molar-refractivity contribution in [2.24, 2.45) is 11.7 Å². The van der Waals surface area contributed by atoms with E-state index in [1.165, 1.54) is 12.4 Å². The maximum Gasteiger partial charge on any atom is 0.230 e. The second-order valence-electron chi connectivity index (χ2n) is 4.27. The fourth-order valence-corrected chi connectivity index (χ4v) is 2.25. The first-order valence-corrected chi connectivity index (χ1v) is 6.08. The summed E-state index contributed by atoms with van der Waals surface area (Å²) in [5, 5.41) is 3.04. The summed E-state index contributed by atoms with van der Waals surface area (Å²) in [6, 6.07) is 1.47. The van der Waals surface area contributed by atoms with Crippen molar-refractivity contribution in [3.63, 3.8) is 0 Å². The number of amides is 1. The van der Waals surface area contributed by atoms with Crippen LogP contribution in [0, 0.1) is 5.92 Å². The number of nitrogens with one attached hydrogen (secondary N) is 1. The van der Waals surface area contributed by atoms with E-state index in [1.54, 1.807) is 0 Å². The van der Waals surface area contributed by atoms with Crippen molar-refractivity contribution in [2.45, 2.75) is 31.7 Å². The van der Waals surface area contributed by atoms with Crippen LogP contribution in [0.25, 0.3) is 0 Å². The molecule has 1 aromatic heterocycles. The molecule has 6 heteroatoms. The highest BCUT2D eigenvalue weighted by molar-refractivity contribution is 6.29. The minimum Gasteiger partial charge on any atom is -0.327 e. The second kappa shape index (κ2) is 5.42. The number of carbonyl (C=O) groups is 1. The van der Waals surface area contributed by atoms with Crippen LogP contribution in [-0.2, 0) is 4.79 Å². The molecule has 5 nitrogen and oxygen atoms in total. The number of aromatic nitrogens is 2. The summed E-state index contributed by atoms with van der Waals surface area (Å²) in [6.07, 6.45) is 5.22. The fourth-order valence-electron chi connectivity index (χ4n) is 2.11. The molecule has 0 aromatic carbocycles. The second-order valence-corrected chi connectivity index (χ2v) is 4.66. The maximum absolute atomic E-state index is 12.0. The number of anilines is 1. The molecule has 1 saturated carbocycles. The van der Waals surface area contributed by atoms with Gasteiger partial charge in [0.2, 0.25) is 5.91 Å². The SMILES string of the molecule is NC1CCCCC1C(=O)Nc1cc(Cl)ncn1. The predicted molar refractivity (Wildman–Crippen MR) is 65.6 cm³/mol. The lowest BCUT2D eigenvalue weighted by atomic mass is 9.84. The lowest BCUT2D eigenvalue weighted by Crippen LogP contribution is -2.40. The van der Waals surface area contributed by atoms with Crippen molar-refractivity contribution >= 4 is 23.3 Å². The number of nitrogens with zero attached hydrogens (tertiary/aromatic N) is 2. The minimum atomic E-state index is -0.127. The van der Waals surface area contributed by atoms with Gasteiger partial charge in [-0.15, -0.1) is 0 Å². The third-order valence-corrected chi connectivity index (χ3v) is 3.25. The Morgan fingerprint density at radius 3 is 2.88 bits per heavy atom. The van der Waals surface area contributed by atoms with E-state index < -0.39 is 0 Å². The molecule has 0 bridgehead atoms. The zero-order valence-corrected chi connectivity index (χ0v) is 10.2. The normalized spacial score (nSPS) is 24.4. The molecule has 0 aliphatic heterocycles. The highest BCUT2D eigenvalue weighted by atomic mass is 35.5. The molecule has 2 atom stereocenters. The summed E-state index contributed by atoms with van der Waals surface area (Å²) in [7, 11) is 0. The average molecular weight is 255 g/mol. The van der Waals surface area contributed by atoms with Gasteiger partial charge in [0.1, 0.15) is 17.3 Å². The number of hydrogen-bond acceptors (Lipinski definition) is 4. The van der Waals surface area contributed by atoms with Crippen LogP contribution in [0.2, 0.25) is 5.15 Å². The molecule has 1 aromatic rings. The molecule has 2 unspecified atom stereocenters. The molecular formula is C11H15ClN4O. The number of rotatable bonds is 2. The van der Waals surface area contributed by atoms with Crippen LogP contribution < -0.4 is 11.1 Å². The summed E-state index contributed by atoms with van der Waals surface area (Å²) < 4.78 is 0. The maximum atomic E-state index is 12.0. The first kappa shape index (κ1) is 12.3. The Balaban J connectivity index is 2.01. The Morgan fingerprint density at radius 1 is 1.41 bits per heavy atom.